The Balaban J connectivity index is 3.22. The first kappa shape index (κ1) is 19.3. The molecule has 1 unspecified atom stereocenters. The first-order valence-corrected chi connectivity index (χ1v) is 7.07. The number of carbonyl (C=O) groups excluding carboxylic acids is 1. The molecule has 0 radical (unpaired) electrons. The molecule has 0 spiro atoms. The van der Waals surface area contributed by atoms with E-state index >= 15 is 0 Å². The molecule has 0 aromatic heterocycles. The summed E-state index contributed by atoms with van der Waals surface area (Å²) in [6.45, 7) is 7.80. The third-order valence-corrected chi connectivity index (χ3v) is 2.80. The molecule has 0 aliphatic rings. The smallest absolute Gasteiger partial charge is 0.416 e. The van der Waals surface area contributed by atoms with Crippen molar-refractivity contribution in [3.8, 4) is 5.75 Å². The molecule has 0 saturated heterocycles. The average Bonchev–Trinajstić information content (AvgIpc) is 2.28. The number of alkyl halides is 3. The van der Waals surface area contributed by atoms with Gasteiger partial charge in [0.2, 0.25) is 0 Å². The summed E-state index contributed by atoms with van der Waals surface area (Å²) in [5, 5.41) is 9.32. The van der Waals surface area contributed by atoms with Crippen LogP contribution < -0.4 is 4.74 Å². The normalized spacial score (nSPS) is 13.6. The predicted molar refractivity (Wildman–Crippen MR) is 78.0 cm³/mol. The number of hydrogen-bond acceptors (Lipinski definition) is 4. The fourth-order valence-electron chi connectivity index (χ4n) is 1.99. The van der Waals surface area contributed by atoms with Crippen LogP contribution in [0.15, 0.2) is 12.1 Å². The summed E-state index contributed by atoms with van der Waals surface area (Å²) in [5.41, 5.74) is -1.12. The number of hydrogen-bond donors (Lipinski definition) is 1. The minimum Gasteiger partial charge on any atom is -0.465 e. The standard InChI is InChI=1S/C16H21F3O4/c1-9-6-11(16(17,18)19)7-13(22-10(2)20)12(9)8-14(21)23-15(3,4)5/h6-7,10,20H,8H2,1-5H3. The summed E-state index contributed by atoms with van der Waals surface area (Å²) >= 11 is 0. The van der Waals surface area contributed by atoms with Crippen molar-refractivity contribution in [2.24, 2.45) is 0 Å². The van der Waals surface area contributed by atoms with E-state index in [1.54, 1.807) is 20.8 Å². The second-order valence-corrected chi connectivity index (χ2v) is 6.25. The molecular formula is C16H21F3O4. The van der Waals surface area contributed by atoms with Crippen molar-refractivity contribution in [1.82, 2.24) is 0 Å². The van der Waals surface area contributed by atoms with Crippen molar-refractivity contribution >= 4 is 5.97 Å². The molecule has 1 N–H and O–H groups in total. The number of ether oxygens (including phenoxy) is 2. The maximum atomic E-state index is 12.9. The Labute approximate surface area is 133 Å². The van der Waals surface area contributed by atoms with E-state index in [1.807, 2.05) is 0 Å². The van der Waals surface area contributed by atoms with Gasteiger partial charge in [-0.25, -0.2) is 0 Å². The van der Waals surface area contributed by atoms with E-state index < -0.39 is 29.6 Å². The first-order chi connectivity index (χ1) is 10.3. The van der Waals surface area contributed by atoms with Crippen molar-refractivity contribution in [2.75, 3.05) is 0 Å². The minimum absolute atomic E-state index is 0.182. The van der Waals surface area contributed by atoms with Crippen LogP contribution in [0.25, 0.3) is 0 Å². The van der Waals surface area contributed by atoms with Crippen LogP contribution in [0, 0.1) is 6.92 Å². The summed E-state index contributed by atoms with van der Waals surface area (Å²) in [6, 6.07) is 1.72. The van der Waals surface area contributed by atoms with Gasteiger partial charge in [0.05, 0.1) is 12.0 Å². The lowest BCUT2D eigenvalue weighted by atomic mass is 10.0. The van der Waals surface area contributed by atoms with Crippen molar-refractivity contribution < 1.29 is 32.5 Å². The van der Waals surface area contributed by atoms with Gasteiger partial charge in [-0.15, -0.1) is 0 Å². The molecule has 4 nitrogen and oxygen atoms in total. The minimum atomic E-state index is -4.55. The number of benzene rings is 1. The van der Waals surface area contributed by atoms with Crippen LogP contribution in [-0.2, 0) is 22.1 Å². The van der Waals surface area contributed by atoms with Gasteiger partial charge in [0, 0.05) is 5.56 Å². The van der Waals surface area contributed by atoms with Crippen LogP contribution in [0.4, 0.5) is 13.2 Å². The lowest BCUT2D eigenvalue weighted by Crippen LogP contribution is -2.25. The third kappa shape index (κ3) is 6.09. The Bertz CT molecular complexity index is 572. The number of aryl methyl sites for hydroxylation is 1. The molecule has 0 aliphatic heterocycles. The lowest BCUT2D eigenvalue weighted by molar-refractivity contribution is -0.154. The highest BCUT2D eigenvalue weighted by molar-refractivity contribution is 5.74. The number of aliphatic hydroxyl groups is 1. The van der Waals surface area contributed by atoms with Gasteiger partial charge in [-0.1, -0.05) is 0 Å². The SMILES string of the molecule is Cc1cc(C(F)(F)F)cc(OC(C)O)c1CC(=O)OC(C)(C)C. The molecule has 0 aliphatic carbocycles. The van der Waals surface area contributed by atoms with E-state index in [9.17, 15) is 23.1 Å². The summed E-state index contributed by atoms with van der Waals surface area (Å²) < 4.78 is 48.9. The zero-order valence-electron chi connectivity index (χ0n) is 13.7. The topological polar surface area (TPSA) is 55.8 Å². The second kappa shape index (κ2) is 6.78. The predicted octanol–water partition coefficient (Wildman–Crippen LogP) is 3.62. The summed E-state index contributed by atoms with van der Waals surface area (Å²) in [4.78, 5) is 11.9. The zero-order chi connectivity index (χ0) is 18.0. The van der Waals surface area contributed by atoms with Crippen molar-refractivity contribution in [2.45, 2.75) is 59.1 Å². The second-order valence-electron chi connectivity index (χ2n) is 6.25. The Morgan fingerprint density at radius 2 is 1.83 bits per heavy atom. The van der Waals surface area contributed by atoms with Gasteiger partial charge in [0.1, 0.15) is 11.4 Å². The quantitative estimate of drug-likeness (QED) is 0.675. The van der Waals surface area contributed by atoms with Crippen LogP contribution in [0.3, 0.4) is 0 Å². The van der Waals surface area contributed by atoms with Crippen LogP contribution in [-0.4, -0.2) is 23.0 Å². The molecule has 0 heterocycles. The van der Waals surface area contributed by atoms with E-state index in [-0.39, 0.29) is 23.3 Å². The maximum Gasteiger partial charge on any atom is 0.416 e. The summed E-state index contributed by atoms with van der Waals surface area (Å²) in [5.74, 6) is -0.769. The summed E-state index contributed by atoms with van der Waals surface area (Å²) in [7, 11) is 0. The molecule has 1 atom stereocenters. The van der Waals surface area contributed by atoms with E-state index in [0.717, 1.165) is 12.1 Å². The molecule has 0 amide bonds. The largest absolute Gasteiger partial charge is 0.465 e. The van der Waals surface area contributed by atoms with E-state index in [2.05, 4.69) is 0 Å². The molecule has 0 fully saturated rings. The highest BCUT2D eigenvalue weighted by Gasteiger charge is 2.32. The van der Waals surface area contributed by atoms with Gasteiger partial charge in [-0.05, 0) is 52.3 Å². The molecule has 0 bridgehead atoms. The van der Waals surface area contributed by atoms with Gasteiger partial charge in [-0.2, -0.15) is 13.2 Å². The fourth-order valence-corrected chi connectivity index (χ4v) is 1.99. The Hall–Kier alpha value is -1.76. The van der Waals surface area contributed by atoms with Crippen molar-refractivity contribution in [3.63, 3.8) is 0 Å². The Morgan fingerprint density at radius 3 is 2.26 bits per heavy atom. The van der Waals surface area contributed by atoms with Crippen molar-refractivity contribution in [1.29, 1.82) is 0 Å². The monoisotopic (exact) mass is 334 g/mol. The molecule has 130 valence electrons. The molecule has 23 heavy (non-hydrogen) atoms. The number of rotatable bonds is 4. The van der Waals surface area contributed by atoms with Gasteiger partial charge in [0.25, 0.3) is 0 Å². The van der Waals surface area contributed by atoms with Crippen LogP contribution >= 0.6 is 0 Å². The molecule has 1 aromatic rings. The Kier molecular flexibility index (Phi) is 5.69. The van der Waals surface area contributed by atoms with Gasteiger partial charge in [-0.3, -0.25) is 4.79 Å². The van der Waals surface area contributed by atoms with Crippen molar-refractivity contribution in [3.05, 3.63) is 28.8 Å². The lowest BCUT2D eigenvalue weighted by Gasteiger charge is -2.22. The summed E-state index contributed by atoms with van der Waals surface area (Å²) in [6.07, 6.45) is -6.11. The van der Waals surface area contributed by atoms with Gasteiger partial charge < -0.3 is 14.6 Å². The molecule has 7 heteroatoms. The average molecular weight is 334 g/mol. The molecular weight excluding hydrogens is 313 g/mol. The fraction of sp³-hybridized carbons (Fsp3) is 0.562. The highest BCUT2D eigenvalue weighted by atomic mass is 19.4. The molecule has 1 rings (SSSR count). The van der Waals surface area contributed by atoms with Gasteiger partial charge >= 0.3 is 12.1 Å². The van der Waals surface area contributed by atoms with Crippen LogP contribution in [0.5, 0.6) is 5.75 Å². The molecule has 0 saturated carbocycles. The number of halogens is 3. The van der Waals surface area contributed by atoms with E-state index in [1.165, 1.54) is 13.8 Å². The van der Waals surface area contributed by atoms with Crippen LogP contribution in [0.2, 0.25) is 0 Å². The van der Waals surface area contributed by atoms with E-state index in [0.29, 0.717) is 0 Å². The number of esters is 1. The zero-order valence-corrected chi connectivity index (χ0v) is 13.7. The first-order valence-electron chi connectivity index (χ1n) is 7.07. The van der Waals surface area contributed by atoms with E-state index in [4.69, 9.17) is 9.47 Å². The molecule has 1 aromatic carbocycles. The number of aliphatic hydroxyl groups excluding tert-OH is 1. The number of carbonyl (C=O) groups is 1. The maximum absolute atomic E-state index is 12.9. The third-order valence-electron chi connectivity index (χ3n) is 2.80. The van der Waals surface area contributed by atoms with Crippen LogP contribution in [0.1, 0.15) is 44.4 Å². The highest BCUT2D eigenvalue weighted by Crippen LogP contribution is 2.35. The Morgan fingerprint density at radius 1 is 1.26 bits per heavy atom. The van der Waals surface area contributed by atoms with Gasteiger partial charge in [0.15, 0.2) is 6.29 Å².